The molecule has 0 bridgehead atoms. The molecule has 1 amide bonds. The van der Waals surface area contributed by atoms with Crippen molar-refractivity contribution in [2.45, 2.75) is 25.9 Å². The van der Waals surface area contributed by atoms with Crippen molar-refractivity contribution in [3.63, 3.8) is 0 Å². The largest absolute Gasteiger partial charge is 0.351 e. The number of rotatable bonds is 1. The molecule has 1 aliphatic rings. The minimum absolute atomic E-state index is 0.0945. The van der Waals surface area contributed by atoms with Gasteiger partial charge in [0.05, 0.1) is 0 Å². The molecule has 100 valence electrons. The molecule has 0 saturated carbocycles. The molecular formula is C15H19N3O. The normalized spacial score (nSPS) is 23.8. The molecule has 0 spiro atoms. The van der Waals surface area contributed by atoms with Gasteiger partial charge in [0.25, 0.3) is 5.91 Å². The van der Waals surface area contributed by atoms with Crippen LogP contribution in [0.25, 0.3) is 10.9 Å². The summed E-state index contributed by atoms with van der Waals surface area (Å²) in [6, 6.07) is 10.5. The maximum Gasteiger partial charge on any atom is 0.270 e. The molecule has 0 aliphatic carbocycles. The van der Waals surface area contributed by atoms with E-state index in [0.717, 1.165) is 24.0 Å². The first kappa shape index (κ1) is 12.2. The third-order valence-corrected chi connectivity index (χ3v) is 3.79. The quantitative estimate of drug-likeness (QED) is 0.821. The van der Waals surface area contributed by atoms with E-state index in [1.807, 2.05) is 35.2 Å². The Morgan fingerprint density at radius 2 is 2.11 bits per heavy atom. The average Bonchev–Trinajstić information content (AvgIpc) is 2.84. The predicted octanol–water partition coefficient (Wildman–Crippen LogP) is 1.99. The van der Waals surface area contributed by atoms with Crippen LogP contribution < -0.4 is 5.32 Å². The Labute approximate surface area is 112 Å². The highest BCUT2D eigenvalue weighted by atomic mass is 16.2. The lowest BCUT2D eigenvalue weighted by atomic mass is 10.1. The highest BCUT2D eigenvalue weighted by Crippen LogP contribution is 2.18. The van der Waals surface area contributed by atoms with Crippen LogP contribution in [-0.4, -0.2) is 41.0 Å². The Morgan fingerprint density at radius 3 is 2.89 bits per heavy atom. The van der Waals surface area contributed by atoms with E-state index in [1.165, 1.54) is 0 Å². The van der Waals surface area contributed by atoms with Gasteiger partial charge in [-0.2, -0.15) is 0 Å². The minimum atomic E-state index is 0.0945. The summed E-state index contributed by atoms with van der Waals surface area (Å²) in [6.07, 6.45) is 0. The number of hydrogen-bond donors (Lipinski definition) is 2. The number of benzene rings is 1. The average molecular weight is 257 g/mol. The molecular weight excluding hydrogens is 238 g/mol. The van der Waals surface area contributed by atoms with Gasteiger partial charge >= 0.3 is 0 Å². The number of nitrogens with zero attached hydrogens (tertiary/aromatic N) is 1. The molecule has 3 rings (SSSR count). The summed E-state index contributed by atoms with van der Waals surface area (Å²) in [6.45, 7) is 5.80. The van der Waals surface area contributed by atoms with Crippen LogP contribution in [0, 0.1) is 0 Å². The molecule has 4 heteroatoms. The molecule has 1 aromatic heterocycles. The van der Waals surface area contributed by atoms with Gasteiger partial charge in [0.2, 0.25) is 0 Å². The number of aromatic nitrogens is 1. The monoisotopic (exact) mass is 257 g/mol. The zero-order valence-corrected chi connectivity index (χ0v) is 11.3. The molecule has 19 heavy (non-hydrogen) atoms. The number of H-pyrrole nitrogens is 1. The van der Waals surface area contributed by atoms with Crippen molar-refractivity contribution in [2.24, 2.45) is 0 Å². The first-order chi connectivity index (χ1) is 9.15. The second-order valence-electron chi connectivity index (χ2n) is 5.39. The summed E-state index contributed by atoms with van der Waals surface area (Å²) in [7, 11) is 0. The van der Waals surface area contributed by atoms with E-state index < -0.39 is 0 Å². The molecule has 0 unspecified atom stereocenters. The zero-order chi connectivity index (χ0) is 13.4. The van der Waals surface area contributed by atoms with Crippen molar-refractivity contribution < 1.29 is 4.79 Å². The lowest BCUT2D eigenvalue weighted by molar-refractivity contribution is 0.0611. The number of carbonyl (C=O) groups is 1. The van der Waals surface area contributed by atoms with Gasteiger partial charge in [-0.05, 0) is 26.0 Å². The molecule has 4 nitrogen and oxygen atoms in total. The van der Waals surface area contributed by atoms with Crippen LogP contribution in [0.2, 0.25) is 0 Å². The summed E-state index contributed by atoms with van der Waals surface area (Å²) in [5, 5.41) is 4.48. The third kappa shape index (κ3) is 2.24. The molecule has 2 atom stereocenters. The van der Waals surface area contributed by atoms with Crippen molar-refractivity contribution in [2.75, 3.05) is 13.1 Å². The van der Waals surface area contributed by atoms with Gasteiger partial charge in [-0.15, -0.1) is 0 Å². The van der Waals surface area contributed by atoms with Gasteiger partial charge in [0.15, 0.2) is 0 Å². The number of aromatic amines is 1. The highest BCUT2D eigenvalue weighted by molar-refractivity contribution is 5.98. The number of hydrogen-bond acceptors (Lipinski definition) is 2. The summed E-state index contributed by atoms with van der Waals surface area (Å²) >= 11 is 0. The van der Waals surface area contributed by atoms with Crippen molar-refractivity contribution in [1.82, 2.24) is 15.2 Å². The van der Waals surface area contributed by atoms with Crippen molar-refractivity contribution in [3.05, 3.63) is 36.0 Å². The van der Waals surface area contributed by atoms with Crippen LogP contribution in [0.5, 0.6) is 0 Å². The Balaban J connectivity index is 1.90. The Morgan fingerprint density at radius 1 is 1.32 bits per heavy atom. The van der Waals surface area contributed by atoms with E-state index in [1.54, 1.807) is 0 Å². The summed E-state index contributed by atoms with van der Waals surface area (Å²) in [5.74, 6) is 0.0945. The number of para-hydroxylation sites is 1. The van der Waals surface area contributed by atoms with Gasteiger partial charge in [-0.3, -0.25) is 4.79 Å². The second-order valence-corrected chi connectivity index (χ2v) is 5.39. The lowest BCUT2D eigenvalue weighted by Gasteiger charge is -2.37. The summed E-state index contributed by atoms with van der Waals surface area (Å²) < 4.78 is 0. The standard InChI is InChI=1S/C15H19N3O/c1-10-9-18(11(2)8-16-10)15(19)14-7-12-5-3-4-6-13(12)17-14/h3-7,10-11,16-17H,8-9H2,1-2H3/t10-,11+/m1/s1. The van der Waals surface area contributed by atoms with E-state index in [4.69, 9.17) is 0 Å². The highest BCUT2D eigenvalue weighted by Gasteiger charge is 2.28. The van der Waals surface area contributed by atoms with E-state index in [9.17, 15) is 4.79 Å². The summed E-state index contributed by atoms with van der Waals surface area (Å²) in [4.78, 5) is 17.8. The number of fused-ring (bicyclic) bond motifs is 1. The van der Waals surface area contributed by atoms with Crippen LogP contribution in [0.4, 0.5) is 0 Å². The Hall–Kier alpha value is -1.81. The Kier molecular flexibility index (Phi) is 3.03. The van der Waals surface area contributed by atoms with Crippen LogP contribution in [0.1, 0.15) is 24.3 Å². The SMILES string of the molecule is C[C@@H]1CN(C(=O)c2cc3ccccc3[nH]2)[C@@H](C)CN1. The molecule has 1 aromatic carbocycles. The molecule has 2 N–H and O–H groups in total. The number of carbonyl (C=O) groups excluding carboxylic acids is 1. The van der Waals surface area contributed by atoms with Gasteiger partial charge in [-0.1, -0.05) is 18.2 Å². The maximum atomic E-state index is 12.6. The summed E-state index contributed by atoms with van der Waals surface area (Å²) in [5.41, 5.74) is 1.70. The maximum absolute atomic E-state index is 12.6. The van der Waals surface area contributed by atoms with Crippen LogP contribution in [0.3, 0.4) is 0 Å². The molecule has 1 saturated heterocycles. The molecule has 0 radical (unpaired) electrons. The first-order valence-corrected chi connectivity index (χ1v) is 6.77. The fourth-order valence-electron chi connectivity index (χ4n) is 2.65. The van der Waals surface area contributed by atoms with E-state index in [0.29, 0.717) is 11.7 Å². The van der Waals surface area contributed by atoms with Gasteiger partial charge in [-0.25, -0.2) is 0 Å². The molecule has 1 fully saturated rings. The van der Waals surface area contributed by atoms with Crippen LogP contribution in [0.15, 0.2) is 30.3 Å². The van der Waals surface area contributed by atoms with E-state index in [-0.39, 0.29) is 11.9 Å². The fraction of sp³-hybridized carbons (Fsp3) is 0.400. The van der Waals surface area contributed by atoms with E-state index in [2.05, 4.69) is 24.1 Å². The molecule has 2 heterocycles. The van der Waals surface area contributed by atoms with Crippen LogP contribution >= 0.6 is 0 Å². The third-order valence-electron chi connectivity index (χ3n) is 3.79. The number of amides is 1. The van der Waals surface area contributed by atoms with E-state index >= 15 is 0 Å². The zero-order valence-electron chi connectivity index (χ0n) is 11.3. The minimum Gasteiger partial charge on any atom is -0.351 e. The van der Waals surface area contributed by atoms with Crippen molar-refractivity contribution in [1.29, 1.82) is 0 Å². The molecule has 1 aliphatic heterocycles. The van der Waals surface area contributed by atoms with Gasteiger partial charge in [0.1, 0.15) is 5.69 Å². The smallest absolute Gasteiger partial charge is 0.270 e. The second kappa shape index (κ2) is 4.70. The van der Waals surface area contributed by atoms with Gasteiger partial charge in [0, 0.05) is 36.1 Å². The fourth-order valence-corrected chi connectivity index (χ4v) is 2.65. The lowest BCUT2D eigenvalue weighted by Crippen LogP contribution is -2.56. The number of nitrogens with one attached hydrogen (secondary N) is 2. The first-order valence-electron chi connectivity index (χ1n) is 6.77. The topological polar surface area (TPSA) is 48.1 Å². The predicted molar refractivity (Wildman–Crippen MR) is 76.3 cm³/mol. The Bertz CT molecular complexity index is 571. The molecule has 2 aromatic rings. The number of piperazine rings is 1. The van der Waals surface area contributed by atoms with Gasteiger partial charge < -0.3 is 15.2 Å². The van der Waals surface area contributed by atoms with Crippen molar-refractivity contribution in [3.8, 4) is 0 Å². The van der Waals surface area contributed by atoms with Crippen molar-refractivity contribution >= 4 is 16.8 Å². The van der Waals surface area contributed by atoms with Crippen LogP contribution in [-0.2, 0) is 0 Å².